The molecule has 0 saturated heterocycles. The minimum Gasteiger partial charge on any atom is -0.373 e. The molecule has 0 aliphatic carbocycles. The number of aromatic nitrogens is 1. The van der Waals surface area contributed by atoms with Gasteiger partial charge in [-0.15, -0.1) is 0 Å². The van der Waals surface area contributed by atoms with Crippen LogP contribution < -0.4 is 10.6 Å². The van der Waals surface area contributed by atoms with Crippen molar-refractivity contribution < 1.29 is 4.79 Å². The molecule has 0 spiro atoms. The molecule has 6 heteroatoms. The maximum Gasteiger partial charge on any atom is 0.255 e. The number of pyridine rings is 1. The van der Waals surface area contributed by atoms with Crippen LogP contribution in [0.2, 0.25) is 10.0 Å². The number of carbonyl (C=O) groups excluding carboxylic acids is 1. The predicted molar refractivity (Wildman–Crippen MR) is 87.6 cm³/mol. The van der Waals surface area contributed by atoms with Crippen molar-refractivity contribution in [3.05, 3.63) is 51.6 Å². The third kappa shape index (κ3) is 3.65. The molecular weight excluding hydrogens is 309 g/mol. The molecule has 2 rings (SSSR count). The molecule has 0 bridgehead atoms. The lowest BCUT2D eigenvalue weighted by molar-refractivity contribution is 0.102. The van der Waals surface area contributed by atoms with E-state index in [1.165, 1.54) is 0 Å². The van der Waals surface area contributed by atoms with E-state index in [-0.39, 0.29) is 5.91 Å². The zero-order valence-electron chi connectivity index (χ0n) is 11.7. The van der Waals surface area contributed by atoms with Gasteiger partial charge in [0.2, 0.25) is 0 Å². The Morgan fingerprint density at radius 3 is 2.48 bits per heavy atom. The summed E-state index contributed by atoms with van der Waals surface area (Å²) in [6.45, 7) is 1.98. The van der Waals surface area contributed by atoms with Gasteiger partial charge in [0.25, 0.3) is 5.91 Å². The fourth-order valence-electron chi connectivity index (χ4n) is 1.83. The monoisotopic (exact) mass is 323 g/mol. The molecule has 4 nitrogen and oxygen atoms in total. The third-order valence-corrected chi connectivity index (χ3v) is 3.59. The molecular formula is C15H15Cl2N3O. The molecule has 21 heavy (non-hydrogen) atoms. The second-order valence-corrected chi connectivity index (χ2v) is 5.20. The minimum absolute atomic E-state index is 0.279. The molecule has 0 aliphatic heterocycles. The van der Waals surface area contributed by atoms with Crippen LogP contribution >= 0.6 is 23.2 Å². The van der Waals surface area contributed by atoms with Gasteiger partial charge in [0.1, 0.15) is 5.82 Å². The Hall–Kier alpha value is -1.78. The lowest BCUT2D eigenvalue weighted by atomic mass is 10.1. The summed E-state index contributed by atoms with van der Waals surface area (Å²) in [6, 6.07) is 8.50. The molecule has 0 fully saturated rings. The van der Waals surface area contributed by atoms with Gasteiger partial charge in [-0.3, -0.25) is 4.79 Å². The second-order valence-electron chi connectivity index (χ2n) is 4.39. The molecule has 2 N–H and O–H groups in total. The summed E-state index contributed by atoms with van der Waals surface area (Å²) in [5.41, 5.74) is 1.74. The van der Waals surface area contributed by atoms with E-state index < -0.39 is 0 Å². The number of hydrogen-bond donors (Lipinski definition) is 2. The van der Waals surface area contributed by atoms with Crippen molar-refractivity contribution in [2.45, 2.75) is 13.3 Å². The van der Waals surface area contributed by atoms with Crippen molar-refractivity contribution in [1.82, 2.24) is 4.98 Å². The predicted octanol–water partition coefficient (Wildman–Crippen LogP) is 4.24. The normalized spacial score (nSPS) is 10.3. The molecule has 1 aromatic carbocycles. The summed E-state index contributed by atoms with van der Waals surface area (Å²) in [5, 5.41) is 6.47. The topological polar surface area (TPSA) is 54.0 Å². The number of hydrogen-bond acceptors (Lipinski definition) is 3. The Bertz CT molecular complexity index is 631. The number of nitrogens with one attached hydrogen (secondary N) is 2. The molecule has 0 atom stereocenters. The number of benzene rings is 1. The van der Waals surface area contributed by atoms with Gasteiger partial charge in [-0.2, -0.15) is 0 Å². The van der Waals surface area contributed by atoms with E-state index in [4.69, 9.17) is 23.2 Å². The van der Waals surface area contributed by atoms with E-state index in [2.05, 4.69) is 15.6 Å². The number of carbonyl (C=O) groups is 1. The Morgan fingerprint density at radius 1 is 1.24 bits per heavy atom. The smallest absolute Gasteiger partial charge is 0.255 e. The lowest BCUT2D eigenvalue weighted by Crippen LogP contribution is -2.14. The molecule has 1 heterocycles. The summed E-state index contributed by atoms with van der Waals surface area (Å²) in [6.07, 6.45) is 0.739. The average Bonchev–Trinajstić information content (AvgIpc) is 2.50. The van der Waals surface area contributed by atoms with Crippen LogP contribution in [0.1, 0.15) is 23.0 Å². The van der Waals surface area contributed by atoms with E-state index in [0.29, 0.717) is 27.1 Å². The summed E-state index contributed by atoms with van der Waals surface area (Å²) in [4.78, 5) is 16.7. The molecule has 1 amide bonds. The van der Waals surface area contributed by atoms with Crippen molar-refractivity contribution >= 4 is 40.6 Å². The van der Waals surface area contributed by atoms with Crippen LogP contribution in [0, 0.1) is 0 Å². The number of aryl methyl sites for hydroxylation is 1. The number of anilines is 2. The maximum absolute atomic E-state index is 12.4. The number of amides is 1. The fourth-order valence-corrected chi connectivity index (χ4v) is 2.32. The largest absolute Gasteiger partial charge is 0.373 e. The number of para-hydroxylation sites is 1. The first kappa shape index (κ1) is 15.6. The first-order valence-electron chi connectivity index (χ1n) is 6.49. The zero-order chi connectivity index (χ0) is 15.4. The molecule has 0 aliphatic rings. The van der Waals surface area contributed by atoms with Crippen molar-refractivity contribution in [3.8, 4) is 0 Å². The summed E-state index contributed by atoms with van der Waals surface area (Å²) in [7, 11) is 1.76. The second kappa shape index (κ2) is 6.78. The Balaban J connectivity index is 2.32. The van der Waals surface area contributed by atoms with Crippen molar-refractivity contribution in [3.63, 3.8) is 0 Å². The highest BCUT2D eigenvalue weighted by Crippen LogP contribution is 2.30. The zero-order valence-corrected chi connectivity index (χ0v) is 13.2. The van der Waals surface area contributed by atoms with Gasteiger partial charge in [0.15, 0.2) is 0 Å². The van der Waals surface area contributed by atoms with Crippen LogP contribution in [0.4, 0.5) is 11.5 Å². The van der Waals surface area contributed by atoms with Crippen LogP contribution in [0.5, 0.6) is 0 Å². The molecule has 0 unspecified atom stereocenters. The first-order valence-corrected chi connectivity index (χ1v) is 7.24. The number of nitrogens with zero attached hydrogens (tertiary/aromatic N) is 1. The molecule has 1 aromatic heterocycles. The highest BCUT2D eigenvalue weighted by Gasteiger charge is 2.13. The number of rotatable bonds is 4. The molecule has 0 saturated carbocycles. The Labute approximate surface area is 133 Å². The van der Waals surface area contributed by atoms with E-state index in [1.54, 1.807) is 37.4 Å². The molecule has 110 valence electrons. The van der Waals surface area contributed by atoms with Crippen LogP contribution in [-0.2, 0) is 6.42 Å². The van der Waals surface area contributed by atoms with Gasteiger partial charge in [-0.05, 0) is 30.7 Å². The van der Waals surface area contributed by atoms with Gasteiger partial charge >= 0.3 is 0 Å². The maximum atomic E-state index is 12.4. The highest BCUT2D eigenvalue weighted by molar-refractivity contribution is 6.40. The SMILES string of the molecule is CCc1cc(C(=O)Nc2c(Cl)cccc2Cl)cc(NC)n1. The van der Waals surface area contributed by atoms with Gasteiger partial charge in [0, 0.05) is 18.3 Å². The van der Waals surface area contributed by atoms with Crippen molar-refractivity contribution in [1.29, 1.82) is 0 Å². The quantitative estimate of drug-likeness (QED) is 0.884. The van der Waals surface area contributed by atoms with Crippen LogP contribution in [0.15, 0.2) is 30.3 Å². The van der Waals surface area contributed by atoms with Gasteiger partial charge in [-0.25, -0.2) is 4.98 Å². The lowest BCUT2D eigenvalue weighted by Gasteiger charge is -2.11. The summed E-state index contributed by atoms with van der Waals surface area (Å²) < 4.78 is 0. The van der Waals surface area contributed by atoms with E-state index in [0.717, 1.165) is 12.1 Å². The van der Waals surface area contributed by atoms with Gasteiger partial charge < -0.3 is 10.6 Å². The van der Waals surface area contributed by atoms with Crippen LogP contribution in [-0.4, -0.2) is 17.9 Å². The van der Waals surface area contributed by atoms with E-state index >= 15 is 0 Å². The first-order chi connectivity index (χ1) is 10.0. The van der Waals surface area contributed by atoms with Crippen molar-refractivity contribution in [2.75, 3.05) is 17.7 Å². The van der Waals surface area contributed by atoms with Crippen LogP contribution in [0.3, 0.4) is 0 Å². The fraction of sp³-hybridized carbons (Fsp3) is 0.200. The number of halogens is 2. The molecule has 0 radical (unpaired) electrons. The average molecular weight is 324 g/mol. The summed E-state index contributed by atoms with van der Waals surface area (Å²) >= 11 is 12.1. The minimum atomic E-state index is -0.279. The van der Waals surface area contributed by atoms with Gasteiger partial charge in [-0.1, -0.05) is 36.2 Å². The standard InChI is InChI=1S/C15H15Cl2N3O/c1-3-10-7-9(8-13(18-2)19-10)15(21)20-14-11(16)5-4-6-12(14)17/h4-8H,3H2,1-2H3,(H,18,19)(H,20,21). The van der Waals surface area contributed by atoms with Crippen LogP contribution in [0.25, 0.3) is 0 Å². The highest BCUT2D eigenvalue weighted by atomic mass is 35.5. The Morgan fingerprint density at radius 2 is 1.90 bits per heavy atom. The van der Waals surface area contributed by atoms with E-state index in [9.17, 15) is 4.79 Å². The van der Waals surface area contributed by atoms with Gasteiger partial charge in [0.05, 0.1) is 15.7 Å². The third-order valence-electron chi connectivity index (χ3n) is 2.96. The van der Waals surface area contributed by atoms with E-state index in [1.807, 2.05) is 6.92 Å². The Kier molecular flexibility index (Phi) is 5.04. The van der Waals surface area contributed by atoms with Crippen molar-refractivity contribution in [2.24, 2.45) is 0 Å². The summed E-state index contributed by atoms with van der Waals surface area (Å²) in [5.74, 6) is 0.364. The molecule has 2 aromatic rings.